The van der Waals surface area contributed by atoms with Gasteiger partial charge in [0, 0.05) is 46.4 Å². The molecule has 1 N–H and O–H groups in total. The van der Waals surface area contributed by atoms with E-state index in [2.05, 4.69) is 5.32 Å². The molecule has 1 heterocycles. The van der Waals surface area contributed by atoms with E-state index in [1.54, 1.807) is 21.9 Å². The van der Waals surface area contributed by atoms with Gasteiger partial charge in [-0.2, -0.15) is 0 Å². The van der Waals surface area contributed by atoms with Crippen LogP contribution in [0.1, 0.15) is 19.4 Å². The van der Waals surface area contributed by atoms with Gasteiger partial charge < -0.3 is 15.1 Å². The monoisotopic (exact) mass is 335 g/mol. The molecule has 1 aliphatic rings. The second-order valence-corrected chi connectivity index (χ2v) is 5.92. The molecule has 0 aromatic heterocycles. The molecule has 1 unspecified atom stereocenters. The molecule has 1 aromatic rings. The van der Waals surface area contributed by atoms with E-state index in [9.17, 15) is 18.8 Å². The molecular formula is C17H22FN3O3. The third-order valence-corrected chi connectivity index (χ3v) is 4.07. The number of rotatable bonds is 4. The van der Waals surface area contributed by atoms with Crippen LogP contribution in [0.25, 0.3) is 0 Å². The van der Waals surface area contributed by atoms with E-state index in [4.69, 9.17) is 0 Å². The summed E-state index contributed by atoms with van der Waals surface area (Å²) in [5.41, 5.74) is 0.769. The van der Waals surface area contributed by atoms with Gasteiger partial charge in [-0.1, -0.05) is 12.1 Å². The second kappa shape index (κ2) is 7.90. The average molecular weight is 335 g/mol. The third kappa shape index (κ3) is 4.78. The summed E-state index contributed by atoms with van der Waals surface area (Å²) in [6.45, 7) is 4.73. The zero-order chi connectivity index (χ0) is 17.7. The summed E-state index contributed by atoms with van der Waals surface area (Å²) in [5, 5.41) is 2.67. The minimum absolute atomic E-state index is 0.00757. The molecule has 1 aromatic carbocycles. The van der Waals surface area contributed by atoms with Crippen molar-refractivity contribution >= 4 is 17.7 Å². The number of carbonyl (C=O) groups is 3. The van der Waals surface area contributed by atoms with Crippen LogP contribution in [0.15, 0.2) is 24.3 Å². The number of benzene rings is 1. The quantitative estimate of drug-likeness (QED) is 0.874. The van der Waals surface area contributed by atoms with Crippen LogP contribution in [0.4, 0.5) is 4.39 Å². The molecule has 2 rings (SSSR count). The van der Waals surface area contributed by atoms with Crippen LogP contribution < -0.4 is 5.32 Å². The van der Waals surface area contributed by atoms with E-state index in [0.29, 0.717) is 32.6 Å². The largest absolute Gasteiger partial charge is 0.344 e. The molecule has 1 atom stereocenters. The Labute approximate surface area is 140 Å². The van der Waals surface area contributed by atoms with Crippen LogP contribution in [0.3, 0.4) is 0 Å². The van der Waals surface area contributed by atoms with Crippen molar-refractivity contribution < 1.29 is 18.8 Å². The molecule has 1 aliphatic heterocycles. The topological polar surface area (TPSA) is 69.7 Å². The number of hydrogen-bond acceptors (Lipinski definition) is 3. The maximum absolute atomic E-state index is 13.0. The van der Waals surface area contributed by atoms with Crippen molar-refractivity contribution in [2.24, 2.45) is 0 Å². The van der Waals surface area contributed by atoms with Gasteiger partial charge in [-0.05, 0) is 17.7 Å². The molecule has 0 saturated carbocycles. The minimum Gasteiger partial charge on any atom is -0.344 e. The van der Waals surface area contributed by atoms with E-state index in [1.165, 1.54) is 26.0 Å². The fraction of sp³-hybridized carbons (Fsp3) is 0.471. The average Bonchev–Trinajstić information content (AvgIpc) is 2.55. The number of nitrogens with one attached hydrogen (secondary N) is 1. The Morgan fingerprint density at radius 2 is 1.58 bits per heavy atom. The van der Waals surface area contributed by atoms with Gasteiger partial charge in [0.2, 0.25) is 17.7 Å². The van der Waals surface area contributed by atoms with Gasteiger partial charge in [0.25, 0.3) is 0 Å². The summed E-state index contributed by atoms with van der Waals surface area (Å²) in [4.78, 5) is 38.9. The highest BCUT2D eigenvalue weighted by molar-refractivity contribution is 5.87. The van der Waals surface area contributed by atoms with E-state index >= 15 is 0 Å². The molecule has 0 spiro atoms. The van der Waals surface area contributed by atoms with Crippen LogP contribution >= 0.6 is 0 Å². The maximum Gasteiger partial charge on any atom is 0.245 e. The van der Waals surface area contributed by atoms with Crippen molar-refractivity contribution in [3.63, 3.8) is 0 Å². The lowest BCUT2D eigenvalue weighted by atomic mass is 10.0. The van der Waals surface area contributed by atoms with Crippen LogP contribution in [0, 0.1) is 5.82 Å². The van der Waals surface area contributed by atoms with E-state index < -0.39 is 6.04 Å². The summed E-state index contributed by atoms with van der Waals surface area (Å²) < 4.78 is 13.0. The number of nitrogens with zero attached hydrogens (tertiary/aromatic N) is 2. The number of piperazine rings is 1. The molecule has 6 nitrogen and oxygen atoms in total. The van der Waals surface area contributed by atoms with Gasteiger partial charge in [0.1, 0.15) is 11.9 Å². The number of carbonyl (C=O) groups excluding carboxylic acids is 3. The van der Waals surface area contributed by atoms with Crippen LogP contribution in [-0.4, -0.2) is 59.7 Å². The predicted molar refractivity (Wildman–Crippen MR) is 86.5 cm³/mol. The zero-order valence-corrected chi connectivity index (χ0v) is 13.9. The third-order valence-electron chi connectivity index (χ3n) is 4.07. The zero-order valence-electron chi connectivity index (χ0n) is 13.9. The Balaban J connectivity index is 2.04. The van der Waals surface area contributed by atoms with Gasteiger partial charge in [0.15, 0.2) is 0 Å². The Kier molecular flexibility index (Phi) is 5.89. The molecule has 0 bridgehead atoms. The SMILES string of the molecule is CC(=O)NC(Cc1ccc(F)cc1)C(=O)N1CCN(C(C)=O)CC1. The van der Waals surface area contributed by atoms with Gasteiger partial charge >= 0.3 is 0 Å². The number of halogens is 1. The first-order valence-electron chi connectivity index (χ1n) is 7.92. The maximum atomic E-state index is 13.0. The first-order chi connectivity index (χ1) is 11.4. The summed E-state index contributed by atoms with van der Waals surface area (Å²) in [6, 6.07) is 5.17. The standard InChI is InChI=1S/C17H22FN3O3/c1-12(22)19-16(11-14-3-5-15(18)6-4-14)17(24)21-9-7-20(8-10-21)13(2)23/h3-6,16H,7-11H2,1-2H3,(H,19,22). The van der Waals surface area contributed by atoms with Crippen molar-refractivity contribution in [2.75, 3.05) is 26.2 Å². The van der Waals surface area contributed by atoms with Crippen LogP contribution in [-0.2, 0) is 20.8 Å². The first kappa shape index (κ1) is 17.9. The van der Waals surface area contributed by atoms with Crippen molar-refractivity contribution in [3.8, 4) is 0 Å². The molecular weight excluding hydrogens is 313 g/mol. The second-order valence-electron chi connectivity index (χ2n) is 5.92. The molecule has 0 radical (unpaired) electrons. The molecule has 1 saturated heterocycles. The van der Waals surface area contributed by atoms with Crippen molar-refractivity contribution in [1.29, 1.82) is 0 Å². The van der Waals surface area contributed by atoms with E-state index in [-0.39, 0.29) is 23.5 Å². The molecule has 24 heavy (non-hydrogen) atoms. The Hall–Kier alpha value is -2.44. The van der Waals surface area contributed by atoms with E-state index in [1.807, 2.05) is 0 Å². The summed E-state index contributed by atoms with van der Waals surface area (Å²) >= 11 is 0. The van der Waals surface area contributed by atoms with Gasteiger partial charge in [0.05, 0.1) is 0 Å². The molecule has 130 valence electrons. The Morgan fingerprint density at radius 1 is 1.04 bits per heavy atom. The van der Waals surface area contributed by atoms with Crippen molar-refractivity contribution in [1.82, 2.24) is 15.1 Å². The van der Waals surface area contributed by atoms with E-state index in [0.717, 1.165) is 5.56 Å². The fourth-order valence-electron chi connectivity index (χ4n) is 2.76. The van der Waals surface area contributed by atoms with Crippen LogP contribution in [0.5, 0.6) is 0 Å². The highest BCUT2D eigenvalue weighted by Gasteiger charge is 2.28. The van der Waals surface area contributed by atoms with Crippen LogP contribution in [0.2, 0.25) is 0 Å². The summed E-state index contributed by atoms with van der Waals surface area (Å²) in [6.07, 6.45) is 0.297. The molecule has 7 heteroatoms. The molecule has 0 aliphatic carbocycles. The lowest BCUT2D eigenvalue weighted by molar-refractivity contribution is -0.140. The predicted octanol–water partition coefficient (Wildman–Crippen LogP) is 0.564. The smallest absolute Gasteiger partial charge is 0.245 e. The normalized spacial score (nSPS) is 15.8. The minimum atomic E-state index is -0.697. The van der Waals surface area contributed by atoms with Crippen molar-refractivity contribution in [3.05, 3.63) is 35.6 Å². The highest BCUT2D eigenvalue weighted by Crippen LogP contribution is 2.10. The summed E-state index contributed by atoms with van der Waals surface area (Å²) in [5.74, 6) is -0.830. The van der Waals surface area contributed by atoms with Gasteiger partial charge in [-0.3, -0.25) is 14.4 Å². The van der Waals surface area contributed by atoms with Crippen molar-refractivity contribution in [2.45, 2.75) is 26.3 Å². The lowest BCUT2D eigenvalue weighted by Gasteiger charge is -2.36. The van der Waals surface area contributed by atoms with Gasteiger partial charge in [-0.25, -0.2) is 4.39 Å². The molecule has 3 amide bonds. The first-order valence-corrected chi connectivity index (χ1v) is 7.92. The molecule has 1 fully saturated rings. The Bertz CT molecular complexity index is 610. The van der Waals surface area contributed by atoms with Gasteiger partial charge in [-0.15, -0.1) is 0 Å². The number of hydrogen-bond donors (Lipinski definition) is 1. The highest BCUT2D eigenvalue weighted by atomic mass is 19.1. The number of amides is 3. The fourth-order valence-corrected chi connectivity index (χ4v) is 2.76. The summed E-state index contributed by atoms with van der Waals surface area (Å²) in [7, 11) is 0. The Morgan fingerprint density at radius 3 is 2.08 bits per heavy atom. The lowest BCUT2D eigenvalue weighted by Crippen LogP contribution is -2.56.